The smallest absolute Gasteiger partial charge is 0.254 e. The average molecular weight is 315 g/mol. The maximum atomic E-state index is 12.3. The molecule has 0 unspecified atom stereocenters. The van der Waals surface area contributed by atoms with Crippen molar-refractivity contribution in [3.63, 3.8) is 0 Å². The van der Waals surface area contributed by atoms with Crippen LogP contribution in [0.3, 0.4) is 0 Å². The molecule has 1 aromatic carbocycles. The summed E-state index contributed by atoms with van der Waals surface area (Å²) < 4.78 is 1.62. The molecule has 0 radical (unpaired) electrons. The number of thioether (sulfide) groups is 1. The molecule has 1 amide bonds. The Bertz CT molecular complexity index is 785. The van der Waals surface area contributed by atoms with Crippen LogP contribution in [0, 0.1) is 13.8 Å². The van der Waals surface area contributed by atoms with E-state index in [-0.39, 0.29) is 23.9 Å². The van der Waals surface area contributed by atoms with Gasteiger partial charge in [0.1, 0.15) is 0 Å². The minimum Gasteiger partial charge on any atom is -0.326 e. The first-order valence-corrected chi connectivity index (χ1v) is 8.11. The zero-order chi connectivity index (χ0) is 15.7. The first-order chi connectivity index (χ1) is 10.6. The van der Waals surface area contributed by atoms with Crippen molar-refractivity contribution in [2.24, 2.45) is 0 Å². The molecule has 2 heterocycles. The predicted octanol–water partition coefficient (Wildman–Crippen LogP) is 2.54. The third-order valence-electron chi connectivity index (χ3n) is 3.92. The first-order valence-electron chi connectivity index (χ1n) is 7.12. The normalized spacial score (nSPS) is 16.4. The van der Waals surface area contributed by atoms with Gasteiger partial charge in [0.2, 0.25) is 5.91 Å². The molecule has 2 aromatic rings. The number of rotatable bonds is 3. The van der Waals surface area contributed by atoms with E-state index >= 15 is 0 Å². The van der Waals surface area contributed by atoms with Gasteiger partial charge in [-0.25, -0.2) is 4.98 Å². The molecule has 22 heavy (non-hydrogen) atoms. The van der Waals surface area contributed by atoms with E-state index in [0.29, 0.717) is 10.9 Å². The van der Waals surface area contributed by atoms with Crippen LogP contribution in [0.4, 0.5) is 5.69 Å². The molecule has 6 heteroatoms. The minimum atomic E-state index is -0.133. The lowest BCUT2D eigenvalue weighted by atomic mass is 10.1. The zero-order valence-electron chi connectivity index (χ0n) is 12.5. The van der Waals surface area contributed by atoms with Crippen LogP contribution in [0.1, 0.15) is 23.6 Å². The van der Waals surface area contributed by atoms with Crippen molar-refractivity contribution in [1.29, 1.82) is 0 Å². The van der Waals surface area contributed by atoms with E-state index in [0.717, 1.165) is 16.8 Å². The Balaban J connectivity index is 1.74. The molecule has 0 saturated heterocycles. The number of amides is 1. The fraction of sp³-hybridized carbons (Fsp3) is 0.312. The SMILES string of the molecule is Cc1cccc(NC(=O)C[C@H]2CSc3nccc(=O)n32)c1C. The van der Waals surface area contributed by atoms with Crippen LogP contribution < -0.4 is 10.9 Å². The number of anilines is 1. The Morgan fingerprint density at radius 1 is 1.41 bits per heavy atom. The molecule has 0 fully saturated rings. The van der Waals surface area contributed by atoms with E-state index in [1.54, 1.807) is 4.57 Å². The molecular formula is C16H17N3O2S. The molecule has 1 aromatic heterocycles. The number of carbonyl (C=O) groups excluding carboxylic acids is 1. The lowest BCUT2D eigenvalue weighted by Crippen LogP contribution is -2.27. The van der Waals surface area contributed by atoms with Gasteiger partial charge in [-0.05, 0) is 31.0 Å². The van der Waals surface area contributed by atoms with Gasteiger partial charge in [0.15, 0.2) is 5.16 Å². The number of aryl methyl sites for hydroxylation is 1. The van der Waals surface area contributed by atoms with Gasteiger partial charge >= 0.3 is 0 Å². The summed E-state index contributed by atoms with van der Waals surface area (Å²) in [6.45, 7) is 4.00. The van der Waals surface area contributed by atoms with E-state index < -0.39 is 0 Å². The zero-order valence-corrected chi connectivity index (χ0v) is 13.3. The standard InChI is InChI=1S/C16H17N3O2S/c1-10-4-3-5-13(11(10)2)18-14(20)8-12-9-22-16-17-7-6-15(21)19(12)16/h3-7,12H,8-9H2,1-2H3,(H,18,20)/t12-/m0/s1. The number of nitrogens with zero attached hydrogens (tertiary/aromatic N) is 2. The van der Waals surface area contributed by atoms with Crippen molar-refractivity contribution >= 4 is 23.4 Å². The van der Waals surface area contributed by atoms with Gasteiger partial charge in [-0.15, -0.1) is 0 Å². The van der Waals surface area contributed by atoms with Crippen LogP contribution in [0.25, 0.3) is 0 Å². The van der Waals surface area contributed by atoms with Crippen molar-refractivity contribution in [3.05, 3.63) is 51.9 Å². The third kappa shape index (κ3) is 2.78. The highest BCUT2D eigenvalue weighted by Crippen LogP contribution is 2.31. The second-order valence-corrected chi connectivity index (χ2v) is 6.39. The van der Waals surface area contributed by atoms with Crippen LogP contribution >= 0.6 is 11.8 Å². The van der Waals surface area contributed by atoms with Crippen LogP contribution in [-0.4, -0.2) is 21.2 Å². The van der Waals surface area contributed by atoms with Crippen molar-refractivity contribution < 1.29 is 4.79 Å². The lowest BCUT2D eigenvalue weighted by molar-refractivity contribution is -0.116. The van der Waals surface area contributed by atoms with Gasteiger partial charge in [0, 0.05) is 30.1 Å². The molecule has 0 aliphatic carbocycles. The number of hydrogen-bond acceptors (Lipinski definition) is 4. The van der Waals surface area contributed by atoms with Gasteiger partial charge < -0.3 is 5.32 Å². The Hall–Kier alpha value is -2.08. The Labute approximate surface area is 132 Å². The summed E-state index contributed by atoms with van der Waals surface area (Å²) in [6.07, 6.45) is 1.79. The van der Waals surface area contributed by atoms with E-state index in [1.165, 1.54) is 24.0 Å². The largest absolute Gasteiger partial charge is 0.326 e. The number of benzene rings is 1. The fourth-order valence-electron chi connectivity index (χ4n) is 2.54. The van der Waals surface area contributed by atoms with Crippen LogP contribution in [-0.2, 0) is 4.79 Å². The summed E-state index contributed by atoms with van der Waals surface area (Å²) in [5, 5.41) is 3.64. The molecular weight excluding hydrogens is 298 g/mol. The Kier molecular flexibility index (Phi) is 4.02. The summed E-state index contributed by atoms with van der Waals surface area (Å²) in [4.78, 5) is 28.4. The quantitative estimate of drug-likeness (QED) is 0.884. The summed E-state index contributed by atoms with van der Waals surface area (Å²) in [5.41, 5.74) is 2.94. The molecule has 0 saturated carbocycles. The van der Waals surface area contributed by atoms with E-state index in [4.69, 9.17) is 0 Å². The maximum Gasteiger partial charge on any atom is 0.254 e. The molecule has 1 N–H and O–H groups in total. The molecule has 1 aliphatic rings. The van der Waals surface area contributed by atoms with Crippen molar-refractivity contribution in [3.8, 4) is 0 Å². The highest BCUT2D eigenvalue weighted by Gasteiger charge is 2.26. The molecule has 1 atom stereocenters. The molecule has 0 spiro atoms. The van der Waals surface area contributed by atoms with Gasteiger partial charge in [0.25, 0.3) is 5.56 Å². The number of carbonyl (C=O) groups is 1. The highest BCUT2D eigenvalue weighted by molar-refractivity contribution is 7.99. The monoisotopic (exact) mass is 315 g/mol. The van der Waals surface area contributed by atoms with Crippen LogP contribution in [0.15, 0.2) is 40.4 Å². The Morgan fingerprint density at radius 3 is 3.05 bits per heavy atom. The molecule has 3 rings (SSSR count). The fourth-order valence-corrected chi connectivity index (χ4v) is 3.66. The van der Waals surface area contributed by atoms with Gasteiger partial charge in [-0.3, -0.25) is 14.2 Å². The van der Waals surface area contributed by atoms with Crippen molar-refractivity contribution in [2.75, 3.05) is 11.1 Å². The average Bonchev–Trinajstić information content (AvgIpc) is 2.88. The van der Waals surface area contributed by atoms with Crippen molar-refractivity contribution in [1.82, 2.24) is 9.55 Å². The number of fused-ring (bicyclic) bond motifs is 1. The molecule has 1 aliphatic heterocycles. The summed E-state index contributed by atoms with van der Waals surface area (Å²) in [5.74, 6) is 0.620. The van der Waals surface area contributed by atoms with Gasteiger partial charge in [-0.2, -0.15) is 0 Å². The molecule has 0 bridgehead atoms. The number of hydrogen-bond donors (Lipinski definition) is 1. The van der Waals surface area contributed by atoms with E-state index in [2.05, 4.69) is 10.3 Å². The second kappa shape index (κ2) is 5.96. The van der Waals surface area contributed by atoms with Crippen molar-refractivity contribution in [2.45, 2.75) is 31.5 Å². The van der Waals surface area contributed by atoms with E-state index in [9.17, 15) is 9.59 Å². The summed E-state index contributed by atoms with van der Waals surface area (Å²) in [7, 11) is 0. The summed E-state index contributed by atoms with van der Waals surface area (Å²) >= 11 is 1.52. The first kappa shape index (κ1) is 14.8. The third-order valence-corrected chi connectivity index (χ3v) is 5.03. The van der Waals surface area contributed by atoms with E-state index in [1.807, 2.05) is 32.0 Å². The topological polar surface area (TPSA) is 64.0 Å². The molecule has 5 nitrogen and oxygen atoms in total. The second-order valence-electron chi connectivity index (χ2n) is 5.40. The highest BCUT2D eigenvalue weighted by atomic mass is 32.2. The number of nitrogens with one attached hydrogen (secondary N) is 1. The summed E-state index contributed by atoms with van der Waals surface area (Å²) in [6, 6.07) is 7.13. The number of aromatic nitrogens is 2. The minimum absolute atomic E-state index is 0.0806. The van der Waals surface area contributed by atoms with Crippen LogP contribution in [0.2, 0.25) is 0 Å². The lowest BCUT2D eigenvalue weighted by Gasteiger charge is -2.14. The predicted molar refractivity (Wildman–Crippen MR) is 87.4 cm³/mol. The Morgan fingerprint density at radius 2 is 2.23 bits per heavy atom. The molecule has 114 valence electrons. The maximum absolute atomic E-state index is 12.3. The van der Waals surface area contributed by atoms with Crippen LogP contribution in [0.5, 0.6) is 0 Å². The van der Waals surface area contributed by atoms with Gasteiger partial charge in [-0.1, -0.05) is 23.9 Å². The van der Waals surface area contributed by atoms with Gasteiger partial charge in [0.05, 0.1) is 6.04 Å².